The third-order valence-corrected chi connectivity index (χ3v) is 5.02. The van der Waals surface area contributed by atoms with Gasteiger partial charge in [0.05, 0.1) is 18.9 Å². The van der Waals surface area contributed by atoms with E-state index in [-0.39, 0.29) is 6.54 Å². The van der Waals surface area contributed by atoms with Crippen molar-refractivity contribution in [1.82, 2.24) is 15.3 Å². The number of morpholine rings is 1. The highest BCUT2D eigenvalue weighted by molar-refractivity contribution is 5.93. The van der Waals surface area contributed by atoms with Crippen molar-refractivity contribution in [1.29, 1.82) is 0 Å². The third kappa shape index (κ3) is 6.17. The highest BCUT2D eigenvalue weighted by Crippen LogP contribution is 2.23. The normalized spacial score (nSPS) is 13.3. The van der Waals surface area contributed by atoms with Crippen LogP contribution in [0.5, 0.6) is 0 Å². The maximum absolute atomic E-state index is 11.7. The third-order valence-electron chi connectivity index (χ3n) is 5.02. The summed E-state index contributed by atoms with van der Waals surface area (Å²) in [7, 11) is 0. The van der Waals surface area contributed by atoms with Crippen LogP contribution in [0.4, 0.5) is 27.8 Å². The van der Waals surface area contributed by atoms with E-state index < -0.39 is 12.0 Å². The zero-order chi connectivity index (χ0) is 23.0. The van der Waals surface area contributed by atoms with Crippen molar-refractivity contribution in [2.45, 2.75) is 0 Å². The summed E-state index contributed by atoms with van der Waals surface area (Å²) in [4.78, 5) is 33.4. The van der Waals surface area contributed by atoms with Crippen LogP contribution in [-0.2, 0) is 9.53 Å². The standard InChI is InChI=1S/C23H24N6O4/c30-21(15-25-23(31)32)26-17-3-1-16(2-4-17)20-9-10-24-22(28-20)27-18-5-7-19(8-6-18)29-11-13-33-14-12-29/h1-10,25H,11-15H2,(H,26,30)(H,31,32)(H,24,27,28). The number of benzene rings is 2. The maximum atomic E-state index is 11.7. The molecule has 10 heteroatoms. The van der Waals surface area contributed by atoms with E-state index in [2.05, 4.69) is 37.6 Å². The zero-order valence-electron chi connectivity index (χ0n) is 17.8. The van der Waals surface area contributed by atoms with Gasteiger partial charge in [0.1, 0.15) is 6.54 Å². The van der Waals surface area contributed by atoms with Gasteiger partial charge >= 0.3 is 6.09 Å². The molecule has 0 radical (unpaired) electrons. The van der Waals surface area contributed by atoms with Crippen LogP contribution in [0.3, 0.4) is 0 Å². The van der Waals surface area contributed by atoms with Gasteiger partial charge in [-0.3, -0.25) is 4.79 Å². The summed E-state index contributed by atoms with van der Waals surface area (Å²) in [6.45, 7) is 2.95. The number of nitrogens with one attached hydrogen (secondary N) is 3. The lowest BCUT2D eigenvalue weighted by atomic mass is 10.1. The van der Waals surface area contributed by atoms with E-state index in [1.54, 1.807) is 24.4 Å². The first kappa shape index (κ1) is 22.0. The molecule has 0 bridgehead atoms. The summed E-state index contributed by atoms with van der Waals surface area (Å²) in [5.41, 5.74) is 4.18. The number of carboxylic acid groups (broad SMARTS) is 1. The number of carbonyl (C=O) groups excluding carboxylic acids is 1. The molecule has 2 amide bonds. The van der Waals surface area contributed by atoms with Gasteiger partial charge < -0.3 is 30.7 Å². The fraction of sp³-hybridized carbons (Fsp3) is 0.217. The quantitative estimate of drug-likeness (QED) is 0.434. The molecule has 33 heavy (non-hydrogen) atoms. The molecule has 0 spiro atoms. The molecule has 2 heterocycles. The van der Waals surface area contributed by atoms with Crippen molar-refractivity contribution in [2.75, 3.05) is 48.4 Å². The molecule has 0 atom stereocenters. The molecule has 1 fully saturated rings. The first-order valence-electron chi connectivity index (χ1n) is 10.5. The number of hydrogen-bond donors (Lipinski definition) is 4. The molecule has 1 aliphatic heterocycles. The Morgan fingerprint density at radius 2 is 1.67 bits per heavy atom. The molecule has 1 aliphatic rings. The molecule has 0 unspecified atom stereocenters. The summed E-state index contributed by atoms with van der Waals surface area (Å²) in [5, 5.41) is 16.4. The van der Waals surface area contributed by atoms with E-state index >= 15 is 0 Å². The summed E-state index contributed by atoms with van der Waals surface area (Å²) < 4.78 is 5.40. The average molecular weight is 448 g/mol. The minimum Gasteiger partial charge on any atom is -0.465 e. The molecule has 4 N–H and O–H groups in total. The van der Waals surface area contributed by atoms with Gasteiger partial charge in [-0.25, -0.2) is 14.8 Å². The molecule has 0 aliphatic carbocycles. The molecular formula is C23H24N6O4. The summed E-state index contributed by atoms with van der Waals surface area (Å²) in [5.74, 6) is 0.0297. The second-order valence-electron chi connectivity index (χ2n) is 7.32. The van der Waals surface area contributed by atoms with Crippen LogP contribution in [0, 0.1) is 0 Å². The van der Waals surface area contributed by atoms with Crippen LogP contribution in [0.25, 0.3) is 11.3 Å². The lowest BCUT2D eigenvalue weighted by Crippen LogP contribution is -2.36. The first-order valence-corrected chi connectivity index (χ1v) is 10.5. The molecule has 10 nitrogen and oxygen atoms in total. The molecule has 1 saturated heterocycles. The van der Waals surface area contributed by atoms with Crippen LogP contribution in [-0.4, -0.2) is 59.9 Å². The van der Waals surface area contributed by atoms with Crippen molar-refractivity contribution in [3.63, 3.8) is 0 Å². The average Bonchev–Trinajstić information content (AvgIpc) is 2.84. The lowest BCUT2D eigenvalue weighted by molar-refractivity contribution is -0.115. The van der Waals surface area contributed by atoms with Gasteiger partial charge in [0.15, 0.2) is 0 Å². The molecule has 4 rings (SSSR count). The van der Waals surface area contributed by atoms with Gasteiger partial charge in [-0.2, -0.15) is 0 Å². The highest BCUT2D eigenvalue weighted by Gasteiger charge is 2.11. The number of rotatable bonds is 7. The van der Waals surface area contributed by atoms with Gasteiger partial charge in [0.25, 0.3) is 0 Å². The Labute approximate surface area is 190 Å². The van der Waals surface area contributed by atoms with E-state index in [0.717, 1.165) is 48.9 Å². The van der Waals surface area contributed by atoms with E-state index in [4.69, 9.17) is 9.84 Å². The van der Waals surface area contributed by atoms with Crippen molar-refractivity contribution in [3.8, 4) is 11.3 Å². The second kappa shape index (κ2) is 10.4. The number of nitrogens with zero attached hydrogens (tertiary/aromatic N) is 3. The lowest BCUT2D eigenvalue weighted by Gasteiger charge is -2.28. The van der Waals surface area contributed by atoms with Crippen LogP contribution >= 0.6 is 0 Å². The minimum atomic E-state index is -1.25. The van der Waals surface area contributed by atoms with Gasteiger partial charge in [0.2, 0.25) is 11.9 Å². The van der Waals surface area contributed by atoms with Crippen LogP contribution < -0.4 is 20.9 Å². The summed E-state index contributed by atoms with van der Waals surface area (Å²) in [6, 6.07) is 17.0. The Morgan fingerprint density at radius 3 is 2.36 bits per heavy atom. The van der Waals surface area contributed by atoms with Crippen molar-refractivity contribution in [2.24, 2.45) is 0 Å². The Kier molecular flexibility index (Phi) is 6.96. The fourth-order valence-corrected chi connectivity index (χ4v) is 3.37. The maximum Gasteiger partial charge on any atom is 0.405 e. The SMILES string of the molecule is O=C(O)NCC(=O)Nc1ccc(-c2ccnc(Nc3ccc(N4CCOCC4)cc3)n2)cc1. The van der Waals surface area contributed by atoms with Crippen LogP contribution in [0.2, 0.25) is 0 Å². The first-order chi connectivity index (χ1) is 16.1. The van der Waals surface area contributed by atoms with E-state index in [0.29, 0.717) is 11.6 Å². The molecule has 1 aromatic heterocycles. The Balaban J connectivity index is 1.38. The second-order valence-corrected chi connectivity index (χ2v) is 7.32. The highest BCUT2D eigenvalue weighted by atomic mass is 16.5. The van der Waals surface area contributed by atoms with Gasteiger partial charge in [0, 0.05) is 41.9 Å². The van der Waals surface area contributed by atoms with Crippen LogP contribution in [0.15, 0.2) is 60.8 Å². The van der Waals surface area contributed by atoms with Gasteiger partial charge in [-0.15, -0.1) is 0 Å². The monoisotopic (exact) mass is 448 g/mol. The number of aromatic nitrogens is 2. The summed E-state index contributed by atoms with van der Waals surface area (Å²) in [6.07, 6.45) is 0.432. The molecular weight excluding hydrogens is 424 g/mol. The molecule has 170 valence electrons. The van der Waals surface area contributed by atoms with Crippen LogP contribution in [0.1, 0.15) is 0 Å². The van der Waals surface area contributed by atoms with E-state index in [1.807, 2.05) is 29.6 Å². The number of ether oxygens (including phenoxy) is 1. The smallest absolute Gasteiger partial charge is 0.405 e. The van der Waals surface area contributed by atoms with E-state index in [1.165, 1.54) is 0 Å². The van der Waals surface area contributed by atoms with E-state index in [9.17, 15) is 9.59 Å². The Bertz CT molecular complexity index is 1100. The van der Waals surface area contributed by atoms with Gasteiger partial charge in [-0.05, 0) is 42.5 Å². The molecule has 0 saturated carbocycles. The zero-order valence-corrected chi connectivity index (χ0v) is 17.8. The molecule has 2 aromatic carbocycles. The topological polar surface area (TPSA) is 129 Å². The fourth-order valence-electron chi connectivity index (χ4n) is 3.37. The number of amides is 2. The number of hydrogen-bond acceptors (Lipinski definition) is 7. The Morgan fingerprint density at radius 1 is 0.970 bits per heavy atom. The van der Waals surface area contributed by atoms with Crippen molar-refractivity contribution < 1.29 is 19.4 Å². The predicted molar refractivity (Wildman–Crippen MR) is 125 cm³/mol. The minimum absolute atomic E-state index is 0.314. The molecule has 3 aromatic rings. The number of carbonyl (C=O) groups is 2. The number of anilines is 4. The van der Waals surface area contributed by atoms with Crippen molar-refractivity contribution in [3.05, 3.63) is 60.8 Å². The van der Waals surface area contributed by atoms with Crippen molar-refractivity contribution >= 4 is 35.0 Å². The largest absolute Gasteiger partial charge is 0.465 e. The van der Waals surface area contributed by atoms with Gasteiger partial charge in [-0.1, -0.05) is 12.1 Å². The Hall–Kier alpha value is -4.18. The summed E-state index contributed by atoms with van der Waals surface area (Å²) >= 11 is 0. The predicted octanol–water partition coefficient (Wildman–Crippen LogP) is 2.93.